The van der Waals surface area contributed by atoms with Gasteiger partial charge in [-0.2, -0.15) is 5.26 Å². The molecule has 3 N–H and O–H groups in total. The van der Waals surface area contributed by atoms with Crippen LogP contribution in [0, 0.1) is 17.2 Å². The van der Waals surface area contributed by atoms with Gasteiger partial charge in [-0.1, -0.05) is 25.4 Å². The Kier molecular flexibility index (Phi) is 7.49. The summed E-state index contributed by atoms with van der Waals surface area (Å²) in [5, 5.41) is 8.84. The molecule has 0 aromatic heterocycles. The summed E-state index contributed by atoms with van der Waals surface area (Å²) in [6.07, 6.45) is 0. The number of sulfonamides is 1. The normalized spacial score (nSPS) is 12.6. The molecule has 0 fully saturated rings. The zero-order valence-electron chi connectivity index (χ0n) is 11.1. The molecule has 0 spiro atoms. The summed E-state index contributed by atoms with van der Waals surface area (Å²) in [7, 11) is -3.66. The molecular weight excluding hydrogens is 321 g/mol. The van der Waals surface area contributed by atoms with Gasteiger partial charge in [0.15, 0.2) is 0 Å². The summed E-state index contributed by atoms with van der Waals surface area (Å²) in [4.78, 5) is 0.0208. The number of nitrogens with two attached hydrogens (primary N) is 1. The van der Waals surface area contributed by atoms with Crippen LogP contribution in [0.5, 0.6) is 0 Å². The molecule has 20 heavy (non-hydrogen) atoms. The lowest BCUT2D eigenvalue weighted by molar-refractivity contribution is 0.481. The molecule has 1 rings (SSSR count). The Labute approximate surface area is 130 Å². The second-order valence-electron chi connectivity index (χ2n) is 4.51. The van der Waals surface area contributed by atoms with Crippen molar-refractivity contribution in [3.05, 3.63) is 28.8 Å². The third-order valence-corrected chi connectivity index (χ3v) is 4.47. The van der Waals surface area contributed by atoms with Crippen molar-refractivity contribution in [1.29, 1.82) is 5.26 Å². The van der Waals surface area contributed by atoms with E-state index in [-0.39, 0.29) is 46.4 Å². The van der Waals surface area contributed by atoms with Crippen LogP contribution in [0.2, 0.25) is 5.02 Å². The highest BCUT2D eigenvalue weighted by molar-refractivity contribution is 7.89. The summed E-state index contributed by atoms with van der Waals surface area (Å²) in [5.74, 6) is 0.173. The average molecular weight is 338 g/mol. The van der Waals surface area contributed by atoms with Gasteiger partial charge in [0, 0.05) is 12.6 Å². The monoisotopic (exact) mass is 337 g/mol. The minimum absolute atomic E-state index is 0. The van der Waals surface area contributed by atoms with Gasteiger partial charge >= 0.3 is 0 Å². The number of benzene rings is 1. The number of hydrogen-bond donors (Lipinski definition) is 2. The van der Waals surface area contributed by atoms with Crippen molar-refractivity contribution >= 4 is 34.0 Å². The summed E-state index contributed by atoms with van der Waals surface area (Å²) >= 11 is 5.81. The molecule has 8 heteroatoms. The van der Waals surface area contributed by atoms with Crippen LogP contribution in [0.4, 0.5) is 0 Å². The maximum Gasteiger partial charge on any atom is 0.240 e. The van der Waals surface area contributed by atoms with Crippen molar-refractivity contribution in [2.24, 2.45) is 11.7 Å². The van der Waals surface area contributed by atoms with E-state index in [0.29, 0.717) is 0 Å². The average Bonchev–Trinajstić information content (AvgIpc) is 2.35. The van der Waals surface area contributed by atoms with Crippen LogP contribution in [0.15, 0.2) is 23.1 Å². The molecule has 5 nitrogen and oxygen atoms in total. The largest absolute Gasteiger partial charge is 0.326 e. The molecule has 0 radical (unpaired) electrons. The zero-order chi connectivity index (χ0) is 14.6. The molecular formula is C12H17Cl2N3O2S. The van der Waals surface area contributed by atoms with Gasteiger partial charge in [0.25, 0.3) is 0 Å². The van der Waals surface area contributed by atoms with Crippen LogP contribution in [0.25, 0.3) is 0 Å². The Morgan fingerprint density at radius 1 is 1.45 bits per heavy atom. The van der Waals surface area contributed by atoms with Gasteiger partial charge in [0.05, 0.1) is 15.5 Å². The Morgan fingerprint density at radius 3 is 2.50 bits per heavy atom. The topological polar surface area (TPSA) is 96.0 Å². The quantitative estimate of drug-likeness (QED) is 0.857. The molecule has 0 amide bonds. The first kappa shape index (κ1) is 19.2. The summed E-state index contributed by atoms with van der Waals surface area (Å²) in [6, 6.07) is 5.58. The molecule has 112 valence electrons. The van der Waals surface area contributed by atoms with E-state index in [1.807, 2.05) is 19.9 Å². The number of hydrogen-bond acceptors (Lipinski definition) is 4. The molecule has 0 aliphatic rings. The lowest BCUT2D eigenvalue weighted by Gasteiger charge is -2.16. The van der Waals surface area contributed by atoms with Crippen molar-refractivity contribution < 1.29 is 8.42 Å². The number of rotatable bonds is 5. The molecule has 0 bridgehead atoms. The van der Waals surface area contributed by atoms with Gasteiger partial charge in [-0.3, -0.25) is 0 Å². The Bertz CT molecular complexity index is 597. The molecule has 0 saturated heterocycles. The van der Waals surface area contributed by atoms with E-state index in [1.165, 1.54) is 18.2 Å². The van der Waals surface area contributed by atoms with E-state index in [9.17, 15) is 8.42 Å². The first-order valence-electron chi connectivity index (χ1n) is 5.73. The van der Waals surface area contributed by atoms with Crippen molar-refractivity contribution in [2.75, 3.05) is 6.54 Å². The SMILES string of the molecule is CC(C)C(N)CNS(=O)(=O)c1ccc(C#N)c(Cl)c1.Cl. The van der Waals surface area contributed by atoms with E-state index in [4.69, 9.17) is 22.6 Å². The van der Waals surface area contributed by atoms with Crippen molar-refractivity contribution in [3.8, 4) is 6.07 Å². The first-order chi connectivity index (χ1) is 8.77. The van der Waals surface area contributed by atoms with Gasteiger partial charge in [0.1, 0.15) is 6.07 Å². The maximum absolute atomic E-state index is 12.0. The molecule has 1 aromatic carbocycles. The minimum atomic E-state index is -3.66. The number of nitrogens with one attached hydrogen (secondary N) is 1. The van der Waals surface area contributed by atoms with Crippen molar-refractivity contribution in [3.63, 3.8) is 0 Å². The third-order valence-electron chi connectivity index (χ3n) is 2.74. The van der Waals surface area contributed by atoms with Gasteiger partial charge in [-0.05, 0) is 24.1 Å². The van der Waals surface area contributed by atoms with Crippen LogP contribution in [-0.2, 0) is 10.0 Å². The minimum Gasteiger partial charge on any atom is -0.326 e. The lowest BCUT2D eigenvalue weighted by atomic mass is 10.1. The van der Waals surface area contributed by atoms with Gasteiger partial charge in [-0.25, -0.2) is 13.1 Å². The van der Waals surface area contributed by atoms with Crippen molar-refractivity contribution in [2.45, 2.75) is 24.8 Å². The third kappa shape index (κ3) is 4.93. The second kappa shape index (κ2) is 7.81. The van der Waals surface area contributed by atoms with Crippen LogP contribution in [0.1, 0.15) is 19.4 Å². The Hall–Kier alpha value is -0.840. The molecule has 1 atom stereocenters. The summed E-state index contributed by atoms with van der Waals surface area (Å²) in [5.41, 5.74) is 6.02. The van der Waals surface area contributed by atoms with Crippen LogP contribution in [0.3, 0.4) is 0 Å². The molecule has 1 aromatic rings. The van der Waals surface area contributed by atoms with Gasteiger partial charge < -0.3 is 5.73 Å². The van der Waals surface area contributed by atoms with Crippen LogP contribution < -0.4 is 10.5 Å². The Morgan fingerprint density at radius 2 is 2.05 bits per heavy atom. The first-order valence-corrected chi connectivity index (χ1v) is 7.59. The van der Waals surface area contributed by atoms with E-state index < -0.39 is 10.0 Å². The second-order valence-corrected chi connectivity index (χ2v) is 6.69. The summed E-state index contributed by atoms with van der Waals surface area (Å²) < 4.78 is 26.4. The highest BCUT2D eigenvalue weighted by atomic mass is 35.5. The zero-order valence-corrected chi connectivity index (χ0v) is 13.5. The fraction of sp³-hybridized carbons (Fsp3) is 0.417. The number of nitriles is 1. The fourth-order valence-electron chi connectivity index (χ4n) is 1.28. The lowest BCUT2D eigenvalue weighted by Crippen LogP contribution is -2.40. The predicted octanol–water partition coefficient (Wildman–Crippen LogP) is 1.90. The number of nitrogens with zero attached hydrogens (tertiary/aromatic N) is 1. The van der Waals surface area contributed by atoms with Gasteiger partial charge in [0.2, 0.25) is 10.0 Å². The van der Waals surface area contributed by atoms with E-state index in [0.717, 1.165) is 0 Å². The highest BCUT2D eigenvalue weighted by Crippen LogP contribution is 2.20. The van der Waals surface area contributed by atoms with E-state index in [1.54, 1.807) is 0 Å². The molecule has 1 unspecified atom stereocenters. The van der Waals surface area contributed by atoms with Crippen molar-refractivity contribution in [1.82, 2.24) is 4.72 Å². The maximum atomic E-state index is 12.0. The molecule has 0 saturated carbocycles. The summed E-state index contributed by atoms with van der Waals surface area (Å²) in [6.45, 7) is 3.98. The molecule has 0 aliphatic heterocycles. The highest BCUT2D eigenvalue weighted by Gasteiger charge is 2.17. The fourth-order valence-corrected chi connectivity index (χ4v) is 2.66. The standard InChI is InChI=1S/C12H16ClN3O2S.ClH/c1-8(2)12(15)7-16-19(17,18)10-4-3-9(6-14)11(13)5-10;/h3-5,8,12,16H,7,15H2,1-2H3;1H. The molecule has 0 aliphatic carbocycles. The van der Waals surface area contributed by atoms with E-state index >= 15 is 0 Å². The van der Waals surface area contributed by atoms with E-state index in [2.05, 4.69) is 4.72 Å². The molecule has 0 heterocycles. The predicted molar refractivity (Wildman–Crippen MR) is 81.4 cm³/mol. The smallest absolute Gasteiger partial charge is 0.240 e. The number of halogens is 2. The van der Waals surface area contributed by atoms with Gasteiger partial charge in [-0.15, -0.1) is 12.4 Å². The van der Waals surface area contributed by atoms with Crippen LogP contribution >= 0.6 is 24.0 Å². The Balaban J connectivity index is 0.00000361. The van der Waals surface area contributed by atoms with Crippen LogP contribution in [-0.4, -0.2) is 21.0 Å².